The third kappa shape index (κ3) is 4.57. The van der Waals surface area contributed by atoms with Crippen LogP contribution in [0, 0.1) is 0 Å². The number of benzene rings is 3. The Labute approximate surface area is 173 Å². The van der Waals surface area contributed by atoms with Crippen molar-refractivity contribution < 1.29 is 28.6 Å². The van der Waals surface area contributed by atoms with E-state index in [4.69, 9.17) is 14.2 Å². The molecule has 30 heavy (non-hydrogen) atoms. The number of ether oxygens (including phenoxy) is 3. The first-order valence-electron chi connectivity index (χ1n) is 9.20. The first kappa shape index (κ1) is 20.9. The number of nitrogens with one attached hydrogen (secondary N) is 1. The monoisotopic (exact) mass is 407 g/mol. The number of hydrogen-bond donors (Lipinski definition) is 1. The van der Waals surface area contributed by atoms with Crippen LogP contribution in [0.15, 0.2) is 60.7 Å². The van der Waals surface area contributed by atoms with Crippen molar-refractivity contribution >= 4 is 34.3 Å². The third-order valence-corrected chi connectivity index (χ3v) is 4.51. The van der Waals surface area contributed by atoms with Gasteiger partial charge in [0.25, 0.3) is 5.91 Å². The largest absolute Gasteiger partial charge is 0.481 e. The van der Waals surface area contributed by atoms with Gasteiger partial charge in [-0.1, -0.05) is 30.3 Å². The van der Waals surface area contributed by atoms with Crippen molar-refractivity contribution in [1.29, 1.82) is 0 Å². The predicted octanol–water partition coefficient (Wildman–Crippen LogP) is 3.82. The molecule has 0 aliphatic carbocycles. The van der Waals surface area contributed by atoms with Crippen LogP contribution in [-0.2, 0) is 14.3 Å². The van der Waals surface area contributed by atoms with Crippen LogP contribution < -0.4 is 10.1 Å². The minimum Gasteiger partial charge on any atom is -0.481 e. The molecule has 0 radical (unpaired) electrons. The highest BCUT2D eigenvalue weighted by molar-refractivity contribution is 6.04. The highest BCUT2D eigenvalue weighted by Crippen LogP contribution is 2.23. The summed E-state index contributed by atoms with van der Waals surface area (Å²) in [5, 5.41) is 4.68. The molecule has 1 amide bonds. The number of fused-ring (bicyclic) bond motifs is 1. The summed E-state index contributed by atoms with van der Waals surface area (Å²) in [7, 11) is 2.47. The number of hydrogen-bond acceptors (Lipinski definition) is 6. The van der Waals surface area contributed by atoms with E-state index in [1.54, 1.807) is 13.0 Å². The fourth-order valence-electron chi connectivity index (χ4n) is 2.91. The maximum Gasteiger partial charge on any atom is 0.339 e. The maximum atomic E-state index is 12.7. The van der Waals surface area contributed by atoms with Crippen molar-refractivity contribution in [3.8, 4) is 5.75 Å². The molecule has 154 valence electrons. The number of rotatable bonds is 6. The first-order chi connectivity index (χ1) is 14.4. The zero-order chi connectivity index (χ0) is 21.7. The molecule has 3 aromatic rings. The molecule has 1 atom stereocenters. The standard InChI is InChI=1S/C23H21NO6/c1-14(30-18-10-8-15-6-4-5-7-16(15)12-18)21(25)24-20-13-17(22(26)28-2)9-11-19(20)23(27)29-3/h4-14H,1-3H3,(H,24,25). The predicted molar refractivity (Wildman–Crippen MR) is 112 cm³/mol. The molecule has 0 aliphatic heterocycles. The number of carbonyl (C=O) groups excluding carboxylic acids is 3. The zero-order valence-electron chi connectivity index (χ0n) is 16.8. The molecule has 0 bridgehead atoms. The fraction of sp³-hybridized carbons (Fsp3) is 0.174. The van der Waals surface area contributed by atoms with E-state index in [0.29, 0.717) is 5.75 Å². The summed E-state index contributed by atoms with van der Waals surface area (Å²) in [4.78, 5) is 36.5. The van der Waals surface area contributed by atoms with Crippen LogP contribution in [-0.4, -0.2) is 38.2 Å². The van der Waals surface area contributed by atoms with Crippen LogP contribution in [0.1, 0.15) is 27.6 Å². The van der Waals surface area contributed by atoms with E-state index in [9.17, 15) is 14.4 Å². The minimum atomic E-state index is -0.863. The summed E-state index contributed by atoms with van der Waals surface area (Å²) in [5.74, 6) is -1.20. The van der Waals surface area contributed by atoms with E-state index in [1.807, 2.05) is 36.4 Å². The second-order valence-electron chi connectivity index (χ2n) is 6.50. The molecule has 0 saturated carbocycles. The topological polar surface area (TPSA) is 90.9 Å². The number of carbonyl (C=O) groups is 3. The van der Waals surface area contributed by atoms with E-state index >= 15 is 0 Å². The average molecular weight is 407 g/mol. The van der Waals surface area contributed by atoms with Crippen molar-refractivity contribution in [3.05, 3.63) is 71.8 Å². The lowest BCUT2D eigenvalue weighted by atomic mass is 10.1. The Bertz CT molecular complexity index is 1110. The average Bonchev–Trinajstić information content (AvgIpc) is 2.77. The lowest BCUT2D eigenvalue weighted by Crippen LogP contribution is -2.31. The Kier molecular flexibility index (Phi) is 6.32. The second-order valence-corrected chi connectivity index (χ2v) is 6.50. The molecule has 3 rings (SSSR count). The van der Waals surface area contributed by atoms with Crippen LogP contribution in [0.5, 0.6) is 5.75 Å². The van der Waals surface area contributed by atoms with Crippen molar-refractivity contribution in [2.75, 3.05) is 19.5 Å². The Balaban J connectivity index is 1.80. The maximum absolute atomic E-state index is 12.7. The van der Waals surface area contributed by atoms with Crippen molar-refractivity contribution in [1.82, 2.24) is 0 Å². The quantitative estimate of drug-likeness (QED) is 0.625. The van der Waals surface area contributed by atoms with E-state index in [0.717, 1.165) is 10.8 Å². The minimum absolute atomic E-state index is 0.108. The second kappa shape index (κ2) is 9.09. The Morgan fingerprint density at radius 1 is 0.833 bits per heavy atom. The molecular formula is C23H21NO6. The summed E-state index contributed by atoms with van der Waals surface area (Å²) in [6.45, 7) is 1.59. The van der Waals surface area contributed by atoms with Gasteiger partial charge in [-0.2, -0.15) is 0 Å². The van der Waals surface area contributed by atoms with Crippen molar-refractivity contribution in [2.24, 2.45) is 0 Å². The summed E-state index contributed by atoms with van der Waals surface area (Å²) in [6, 6.07) is 17.5. The van der Waals surface area contributed by atoms with E-state index in [2.05, 4.69) is 5.32 Å². The lowest BCUT2D eigenvalue weighted by molar-refractivity contribution is -0.122. The summed E-state index contributed by atoms with van der Waals surface area (Å²) in [6.07, 6.45) is -0.863. The zero-order valence-corrected chi connectivity index (χ0v) is 16.8. The van der Waals surface area contributed by atoms with Gasteiger partial charge in [-0.15, -0.1) is 0 Å². The van der Waals surface area contributed by atoms with Gasteiger partial charge < -0.3 is 19.5 Å². The van der Waals surface area contributed by atoms with E-state index < -0.39 is 23.9 Å². The van der Waals surface area contributed by atoms with Crippen LogP contribution in [0.25, 0.3) is 10.8 Å². The van der Waals surface area contributed by atoms with E-state index in [-0.39, 0.29) is 16.8 Å². The van der Waals surface area contributed by atoms with Gasteiger partial charge in [0.1, 0.15) is 5.75 Å². The number of methoxy groups -OCH3 is 2. The Morgan fingerprint density at radius 2 is 1.53 bits per heavy atom. The molecule has 1 N–H and O–H groups in total. The Hall–Kier alpha value is -3.87. The molecule has 0 aromatic heterocycles. The fourth-order valence-corrected chi connectivity index (χ4v) is 2.91. The van der Waals surface area contributed by atoms with Gasteiger partial charge in [0, 0.05) is 0 Å². The molecule has 0 heterocycles. The third-order valence-electron chi connectivity index (χ3n) is 4.51. The van der Waals surface area contributed by atoms with Gasteiger partial charge in [0.15, 0.2) is 6.10 Å². The van der Waals surface area contributed by atoms with Crippen LogP contribution in [0.3, 0.4) is 0 Å². The molecule has 3 aromatic carbocycles. The molecule has 7 nitrogen and oxygen atoms in total. The van der Waals surface area contributed by atoms with Gasteiger partial charge in [0.2, 0.25) is 0 Å². The molecule has 1 unspecified atom stereocenters. The molecule has 0 spiro atoms. The van der Waals surface area contributed by atoms with Gasteiger partial charge in [-0.3, -0.25) is 4.79 Å². The van der Waals surface area contributed by atoms with Crippen molar-refractivity contribution in [2.45, 2.75) is 13.0 Å². The number of anilines is 1. The lowest BCUT2D eigenvalue weighted by Gasteiger charge is -2.17. The number of esters is 2. The normalized spacial score (nSPS) is 11.4. The van der Waals surface area contributed by atoms with Gasteiger partial charge in [-0.05, 0) is 48.0 Å². The smallest absolute Gasteiger partial charge is 0.339 e. The summed E-state index contributed by atoms with van der Waals surface area (Å²) < 4.78 is 15.2. The van der Waals surface area contributed by atoms with Crippen LogP contribution in [0.2, 0.25) is 0 Å². The van der Waals surface area contributed by atoms with Gasteiger partial charge in [0.05, 0.1) is 31.0 Å². The highest BCUT2D eigenvalue weighted by atomic mass is 16.5. The first-order valence-corrected chi connectivity index (χ1v) is 9.20. The SMILES string of the molecule is COC(=O)c1ccc(C(=O)OC)c(NC(=O)C(C)Oc2ccc3ccccc3c2)c1. The summed E-state index contributed by atoms with van der Waals surface area (Å²) in [5.41, 5.74) is 0.420. The molecule has 0 aliphatic rings. The molecule has 0 fully saturated rings. The Morgan fingerprint density at radius 3 is 2.23 bits per heavy atom. The van der Waals surface area contributed by atoms with E-state index in [1.165, 1.54) is 32.4 Å². The highest BCUT2D eigenvalue weighted by Gasteiger charge is 2.21. The molecule has 7 heteroatoms. The van der Waals surface area contributed by atoms with Crippen LogP contribution in [0.4, 0.5) is 5.69 Å². The van der Waals surface area contributed by atoms with Gasteiger partial charge >= 0.3 is 11.9 Å². The summed E-state index contributed by atoms with van der Waals surface area (Å²) >= 11 is 0. The number of amides is 1. The van der Waals surface area contributed by atoms with Crippen LogP contribution >= 0.6 is 0 Å². The molecular weight excluding hydrogens is 386 g/mol. The van der Waals surface area contributed by atoms with Crippen molar-refractivity contribution in [3.63, 3.8) is 0 Å². The van der Waals surface area contributed by atoms with Gasteiger partial charge in [-0.25, -0.2) is 9.59 Å². The molecule has 0 saturated heterocycles.